The molecule has 2 aromatic rings. The predicted octanol–water partition coefficient (Wildman–Crippen LogP) is 3.91. The Morgan fingerprint density at radius 2 is 2.07 bits per heavy atom. The van der Waals surface area contributed by atoms with Gasteiger partial charge < -0.3 is 10.6 Å². The van der Waals surface area contributed by atoms with Gasteiger partial charge in [0.2, 0.25) is 0 Å². The number of rotatable bonds is 7. The molecule has 2 N–H and O–H groups in total. The lowest BCUT2D eigenvalue weighted by Crippen LogP contribution is -2.37. The Kier molecular flexibility index (Phi) is 9.58. The van der Waals surface area contributed by atoms with Crippen LogP contribution in [0, 0.1) is 5.92 Å². The summed E-state index contributed by atoms with van der Waals surface area (Å²) in [5.74, 6) is 2.62. The van der Waals surface area contributed by atoms with Gasteiger partial charge in [-0.2, -0.15) is 5.10 Å². The van der Waals surface area contributed by atoms with Gasteiger partial charge in [-0.3, -0.25) is 4.99 Å². The number of hydrogen-bond donors (Lipinski definition) is 2. The molecule has 0 aliphatic heterocycles. The van der Waals surface area contributed by atoms with E-state index in [1.807, 2.05) is 37.6 Å². The predicted molar refractivity (Wildman–Crippen MR) is 121 cm³/mol. The Balaban J connectivity index is 0.00000261. The maximum Gasteiger partial charge on any atom is 0.191 e. The Bertz CT molecular complexity index is 680. The molecule has 2 heterocycles. The number of hydrogen-bond acceptors (Lipinski definition) is 3. The molecule has 0 spiro atoms. The minimum atomic E-state index is 0. The van der Waals surface area contributed by atoms with Crippen molar-refractivity contribution in [3.8, 4) is 5.82 Å². The third-order valence-electron chi connectivity index (χ3n) is 5.04. The van der Waals surface area contributed by atoms with Crippen LogP contribution in [0.25, 0.3) is 5.82 Å². The average Bonchev–Trinajstić information content (AvgIpc) is 3.23. The van der Waals surface area contributed by atoms with E-state index in [1.165, 1.54) is 44.9 Å². The Hall–Kier alpha value is -1.64. The lowest BCUT2D eigenvalue weighted by molar-refractivity contribution is 0.332. The SMILES string of the molecule is CN=C(NCCCC1CCCCC1)NCc1ccnc(-n2cccn2)c1.I. The van der Waals surface area contributed by atoms with E-state index in [-0.39, 0.29) is 24.0 Å². The van der Waals surface area contributed by atoms with E-state index in [2.05, 4.69) is 25.7 Å². The molecule has 7 heteroatoms. The van der Waals surface area contributed by atoms with Crippen LogP contribution in [-0.2, 0) is 6.54 Å². The van der Waals surface area contributed by atoms with Gasteiger partial charge in [0, 0.05) is 38.7 Å². The van der Waals surface area contributed by atoms with Crippen molar-refractivity contribution in [2.45, 2.75) is 51.5 Å². The summed E-state index contributed by atoms with van der Waals surface area (Å²) in [4.78, 5) is 8.68. The molecule has 1 saturated carbocycles. The van der Waals surface area contributed by atoms with Crippen LogP contribution in [0.2, 0.25) is 0 Å². The maximum atomic E-state index is 4.36. The quantitative estimate of drug-likeness (QED) is 0.272. The molecule has 148 valence electrons. The van der Waals surface area contributed by atoms with Gasteiger partial charge in [0.25, 0.3) is 0 Å². The summed E-state index contributed by atoms with van der Waals surface area (Å²) in [6.45, 7) is 1.68. The Morgan fingerprint density at radius 1 is 1.22 bits per heavy atom. The minimum absolute atomic E-state index is 0. The van der Waals surface area contributed by atoms with E-state index in [0.717, 1.165) is 29.8 Å². The lowest BCUT2D eigenvalue weighted by Gasteiger charge is -2.21. The van der Waals surface area contributed by atoms with Crippen molar-refractivity contribution in [1.29, 1.82) is 0 Å². The second-order valence-corrected chi connectivity index (χ2v) is 6.97. The van der Waals surface area contributed by atoms with E-state index >= 15 is 0 Å². The number of pyridine rings is 1. The van der Waals surface area contributed by atoms with Gasteiger partial charge in [-0.1, -0.05) is 32.1 Å². The first-order valence-corrected chi connectivity index (χ1v) is 9.74. The van der Waals surface area contributed by atoms with E-state index in [1.54, 1.807) is 10.9 Å². The average molecular weight is 482 g/mol. The van der Waals surface area contributed by atoms with Gasteiger partial charge in [-0.05, 0) is 42.5 Å². The van der Waals surface area contributed by atoms with Crippen LogP contribution in [0.5, 0.6) is 0 Å². The third kappa shape index (κ3) is 7.12. The molecule has 1 aliphatic rings. The monoisotopic (exact) mass is 482 g/mol. The number of nitrogens with zero attached hydrogens (tertiary/aromatic N) is 4. The zero-order valence-corrected chi connectivity index (χ0v) is 18.4. The summed E-state index contributed by atoms with van der Waals surface area (Å²) in [5, 5.41) is 11.0. The molecule has 2 aromatic heterocycles. The Morgan fingerprint density at radius 3 is 2.81 bits per heavy atom. The highest BCUT2D eigenvalue weighted by Crippen LogP contribution is 2.26. The maximum absolute atomic E-state index is 4.36. The van der Waals surface area contributed by atoms with Crippen molar-refractivity contribution in [2.24, 2.45) is 10.9 Å². The van der Waals surface area contributed by atoms with Gasteiger partial charge in [-0.15, -0.1) is 24.0 Å². The molecule has 6 nitrogen and oxygen atoms in total. The fourth-order valence-electron chi connectivity index (χ4n) is 3.58. The second kappa shape index (κ2) is 11.9. The van der Waals surface area contributed by atoms with Crippen molar-refractivity contribution in [3.63, 3.8) is 0 Å². The molecule has 0 bridgehead atoms. The smallest absolute Gasteiger partial charge is 0.191 e. The van der Waals surface area contributed by atoms with Crippen LogP contribution in [0.1, 0.15) is 50.5 Å². The summed E-state index contributed by atoms with van der Waals surface area (Å²) in [5.41, 5.74) is 1.15. The highest BCUT2D eigenvalue weighted by molar-refractivity contribution is 14.0. The summed E-state index contributed by atoms with van der Waals surface area (Å²) in [6.07, 6.45) is 15.1. The van der Waals surface area contributed by atoms with Crippen molar-refractivity contribution >= 4 is 29.9 Å². The zero-order chi connectivity index (χ0) is 18.0. The highest BCUT2D eigenvalue weighted by Gasteiger charge is 2.12. The largest absolute Gasteiger partial charge is 0.356 e. The van der Waals surface area contributed by atoms with Gasteiger partial charge in [-0.25, -0.2) is 9.67 Å². The van der Waals surface area contributed by atoms with E-state index in [4.69, 9.17) is 0 Å². The van der Waals surface area contributed by atoms with Crippen LogP contribution in [0.3, 0.4) is 0 Å². The number of aromatic nitrogens is 3. The fraction of sp³-hybridized carbons (Fsp3) is 0.550. The van der Waals surface area contributed by atoms with Gasteiger partial charge in [0.1, 0.15) is 0 Å². The van der Waals surface area contributed by atoms with Crippen LogP contribution < -0.4 is 10.6 Å². The van der Waals surface area contributed by atoms with Crippen LogP contribution in [-0.4, -0.2) is 34.3 Å². The summed E-state index contributed by atoms with van der Waals surface area (Å²) >= 11 is 0. The first-order chi connectivity index (χ1) is 12.8. The molecule has 0 saturated heterocycles. The molecular formula is C20H31IN6. The first kappa shape index (κ1) is 21.7. The van der Waals surface area contributed by atoms with Crippen molar-refractivity contribution < 1.29 is 0 Å². The summed E-state index contributed by atoms with van der Waals surface area (Å²) in [6, 6.07) is 5.94. The molecule has 0 unspecified atom stereocenters. The fourth-order valence-corrected chi connectivity index (χ4v) is 3.58. The molecule has 27 heavy (non-hydrogen) atoms. The van der Waals surface area contributed by atoms with E-state index < -0.39 is 0 Å². The highest BCUT2D eigenvalue weighted by atomic mass is 127. The van der Waals surface area contributed by atoms with Gasteiger partial charge in [0.05, 0.1) is 0 Å². The van der Waals surface area contributed by atoms with E-state index in [9.17, 15) is 0 Å². The number of aliphatic imine (C=N–C) groups is 1. The standard InChI is InChI=1S/C20H30N6.HI/c1-21-20(23-11-5-9-17-7-3-2-4-8-17)24-16-18-10-13-22-19(15-18)26-14-6-12-25-26;/h6,10,12-15,17H,2-5,7-9,11,16H2,1H3,(H2,21,23,24);1H. The number of nitrogens with one attached hydrogen (secondary N) is 2. The summed E-state index contributed by atoms with van der Waals surface area (Å²) < 4.78 is 1.77. The van der Waals surface area contributed by atoms with Crippen molar-refractivity contribution in [1.82, 2.24) is 25.4 Å². The van der Waals surface area contributed by atoms with Crippen molar-refractivity contribution in [2.75, 3.05) is 13.6 Å². The summed E-state index contributed by atoms with van der Waals surface area (Å²) in [7, 11) is 1.82. The Labute approximate surface area is 179 Å². The lowest BCUT2D eigenvalue weighted by atomic mass is 9.86. The van der Waals surface area contributed by atoms with Crippen LogP contribution in [0.4, 0.5) is 0 Å². The second-order valence-electron chi connectivity index (χ2n) is 6.97. The molecule has 0 radical (unpaired) electrons. The third-order valence-corrected chi connectivity index (χ3v) is 5.04. The van der Waals surface area contributed by atoms with E-state index in [0.29, 0.717) is 6.54 Å². The molecule has 0 aromatic carbocycles. The van der Waals surface area contributed by atoms with Crippen molar-refractivity contribution in [3.05, 3.63) is 42.4 Å². The topological polar surface area (TPSA) is 67.1 Å². The number of guanidine groups is 1. The normalized spacial score (nSPS) is 15.2. The molecular weight excluding hydrogens is 451 g/mol. The molecule has 1 fully saturated rings. The number of halogens is 1. The molecule has 0 atom stereocenters. The molecule has 1 aliphatic carbocycles. The zero-order valence-electron chi connectivity index (χ0n) is 16.1. The minimum Gasteiger partial charge on any atom is -0.356 e. The molecule has 3 rings (SSSR count). The van der Waals surface area contributed by atoms with Gasteiger partial charge in [0.15, 0.2) is 11.8 Å². The van der Waals surface area contributed by atoms with Crippen LogP contribution in [0.15, 0.2) is 41.8 Å². The van der Waals surface area contributed by atoms with Crippen LogP contribution >= 0.6 is 24.0 Å². The first-order valence-electron chi connectivity index (χ1n) is 9.74. The molecule has 0 amide bonds. The van der Waals surface area contributed by atoms with Gasteiger partial charge >= 0.3 is 0 Å².